The maximum atomic E-state index is 12.6. The van der Waals surface area contributed by atoms with Crippen molar-refractivity contribution in [1.29, 1.82) is 0 Å². The molecular formula is C15H24N2O4. The van der Waals surface area contributed by atoms with E-state index in [9.17, 15) is 9.59 Å². The largest absolute Gasteiger partial charge is 0.444 e. The van der Waals surface area contributed by atoms with E-state index < -0.39 is 11.2 Å². The van der Waals surface area contributed by atoms with Gasteiger partial charge in [0.1, 0.15) is 11.8 Å². The lowest BCUT2D eigenvalue weighted by atomic mass is 9.83. The van der Waals surface area contributed by atoms with Gasteiger partial charge >= 0.3 is 6.09 Å². The minimum atomic E-state index is -0.829. The van der Waals surface area contributed by atoms with E-state index in [1.807, 2.05) is 34.6 Å². The van der Waals surface area contributed by atoms with Gasteiger partial charge in [0.2, 0.25) is 0 Å². The molecule has 0 aromatic carbocycles. The summed E-state index contributed by atoms with van der Waals surface area (Å²) in [6, 6.07) is 0. The van der Waals surface area contributed by atoms with Crippen molar-refractivity contribution in [2.24, 2.45) is 0 Å². The smallest absolute Gasteiger partial charge is 0.412 e. The minimum absolute atomic E-state index is 0.0149. The van der Waals surface area contributed by atoms with Gasteiger partial charge in [0.25, 0.3) is 5.91 Å². The van der Waals surface area contributed by atoms with E-state index in [1.165, 1.54) is 0 Å². The van der Waals surface area contributed by atoms with Crippen molar-refractivity contribution in [2.45, 2.75) is 70.4 Å². The van der Waals surface area contributed by atoms with Gasteiger partial charge in [-0.2, -0.15) is 0 Å². The number of rotatable bonds is 0. The Bertz CT molecular complexity index is 488. The Kier molecular flexibility index (Phi) is 2.87. The molecule has 6 nitrogen and oxygen atoms in total. The van der Waals surface area contributed by atoms with Crippen LogP contribution < -0.4 is 0 Å². The van der Waals surface area contributed by atoms with Gasteiger partial charge in [-0.15, -0.1) is 0 Å². The molecule has 2 atom stereocenters. The fourth-order valence-corrected chi connectivity index (χ4v) is 3.66. The Morgan fingerprint density at radius 3 is 2.57 bits per heavy atom. The Labute approximate surface area is 125 Å². The second kappa shape index (κ2) is 4.12. The zero-order valence-corrected chi connectivity index (χ0v) is 13.4. The molecule has 21 heavy (non-hydrogen) atoms. The number of hydrogen-bond donors (Lipinski definition) is 0. The van der Waals surface area contributed by atoms with Crippen molar-refractivity contribution >= 4 is 12.0 Å². The number of ether oxygens (including phenoxy) is 2. The monoisotopic (exact) mass is 296 g/mol. The topological polar surface area (TPSA) is 59.1 Å². The van der Waals surface area contributed by atoms with Crippen molar-refractivity contribution in [3.05, 3.63) is 0 Å². The number of β-lactam (4-membered cyclic amide) rings is 1. The molecule has 0 aliphatic carbocycles. The molecule has 1 spiro atoms. The second-order valence-electron chi connectivity index (χ2n) is 7.81. The van der Waals surface area contributed by atoms with Crippen LogP contribution in [0.5, 0.6) is 0 Å². The fraction of sp³-hybridized carbons (Fsp3) is 0.867. The number of carbonyl (C=O) groups excluding carboxylic acids is 2. The molecule has 3 fully saturated rings. The first-order chi connectivity index (χ1) is 9.58. The molecule has 0 aromatic rings. The molecule has 6 heteroatoms. The molecule has 0 saturated carbocycles. The van der Waals surface area contributed by atoms with E-state index in [0.717, 1.165) is 6.42 Å². The average molecular weight is 296 g/mol. The Morgan fingerprint density at radius 1 is 1.38 bits per heavy atom. The van der Waals surface area contributed by atoms with Crippen molar-refractivity contribution in [2.75, 3.05) is 13.2 Å². The molecule has 2 unspecified atom stereocenters. The summed E-state index contributed by atoms with van der Waals surface area (Å²) in [4.78, 5) is 28.5. The quantitative estimate of drug-likeness (QED) is 0.639. The van der Waals surface area contributed by atoms with E-state index in [0.29, 0.717) is 19.6 Å². The third-order valence-corrected chi connectivity index (χ3v) is 4.43. The molecule has 0 bridgehead atoms. The second-order valence-corrected chi connectivity index (χ2v) is 7.81. The fourth-order valence-electron chi connectivity index (χ4n) is 3.66. The van der Waals surface area contributed by atoms with Gasteiger partial charge in [-0.25, -0.2) is 4.79 Å². The van der Waals surface area contributed by atoms with Crippen LogP contribution in [0.4, 0.5) is 4.79 Å². The Morgan fingerprint density at radius 2 is 2.05 bits per heavy atom. The molecule has 3 rings (SSSR count). The predicted octanol–water partition coefficient (Wildman–Crippen LogP) is 1.73. The first-order valence-electron chi connectivity index (χ1n) is 7.56. The minimum Gasteiger partial charge on any atom is -0.444 e. The van der Waals surface area contributed by atoms with E-state index >= 15 is 0 Å². The van der Waals surface area contributed by atoms with Crippen LogP contribution >= 0.6 is 0 Å². The standard InChI is InChI=1S/C15H24N2O4/c1-13(2,3)21-12(19)16-9-14(4,5)17-10(16)15(11(17)18)7-6-8-20-15/h10H,6-9H2,1-5H3. The summed E-state index contributed by atoms with van der Waals surface area (Å²) in [7, 11) is 0. The molecule has 2 amide bonds. The van der Waals surface area contributed by atoms with Gasteiger partial charge in [-0.1, -0.05) is 0 Å². The molecule has 3 heterocycles. The highest BCUT2D eigenvalue weighted by Gasteiger charge is 2.73. The van der Waals surface area contributed by atoms with Crippen molar-refractivity contribution in [3.8, 4) is 0 Å². The third kappa shape index (κ3) is 1.95. The van der Waals surface area contributed by atoms with Crippen molar-refractivity contribution < 1.29 is 19.1 Å². The van der Waals surface area contributed by atoms with Gasteiger partial charge in [0.05, 0.1) is 5.54 Å². The summed E-state index contributed by atoms with van der Waals surface area (Å²) in [6.45, 7) is 10.5. The first kappa shape index (κ1) is 14.6. The van der Waals surface area contributed by atoms with Gasteiger partial charge < -0.3 is 14.4 Å². The van der Waals surface area contributed by atoms with Gasteiger partial charge in [0.15, 0.2) is 5.60 Å². The van der Waals surface area contributed by atoms with Crippen LogP contribution in [0.25, 0.3) is 0 Å². The van der Waals surface area contributed by atoms with Crippen LogP contribution in [0.1, 0.15) is 47.5 Å². The first-order valence-corrected chi connectivity index (χ1v) is 7.56. The maximum Gasteiger partial charge on any atom is 0.412 e. The number of fused-ring (bicyclic) bond motifs is 2. The van der Waals surface area contributed by atoms with E-state index in [1.54, 1.807) is 9.80 Å². The molecule has 3 aliphatic rings. The van der Waals surface area contributed by atoms with Crippen LogP contribution in [-0.2, 0) is 14.3 Å². The van der Waals surface area contributed by atoms with Crippen molar-refractivity contribution in [1.82, 2.24) is 9.80 Å². The highest BCUT2D eigenvalue weighted by molar-refractivity contribution is 5.96. The highest BCUT2D eigenvalue weighted by Crippen LogP contribution is 2.51. The van der Waals surface area contributed by atoms with Crippen LogP contribution in [-0.4, -0.2) is 57.9 Å². The summed E-state index contributed by atoms with van der Waals surface area (Å²) < 4.78 is 11.3. The SMILES string of the molecule is CC(C)(C)OC(=O)N1CC(C)(C)N2C(=O)C3(CCCO3)C12. The van der Waals surface area contributed by atoms with Gasteiger partial charge in [-0.05, 0) is 47.5 Å². The zero-order valence-electron chi connectivity index (χ0n) is 13.4. The predicted molar refractivity (Wildman–Crippen MR) is 75.6 cm³/mol. The number of carbonyl (C=O) groups is 2. The molecule has 0 aromatic heterocycles. The van der Waals surface area contributed by atoms with E-state index in [2.05, 4.69) is 0 Å². The third-order valence-electron chi connectivity index (χ3n) is 4.43. The van der Waals surface area contributed by atoms with Crippen LogP contribution in [0.3, 0.4) is 0 Å². The van der Waals surface area contributed by atoms with E-state index in [-0.39, 0.29) is 23.7 Å². The number of nitrogens with zero attached hydrogens (tertiary/aromatic N) is 2. The average Bonchev–Trinajstić information content (AvgIpc) is 2.88. The van der Waals surface area contributed by atoms with Gasteiger partial charge in [0, 0.05) is 13.2 Å². The Hall–Kier alpha value is -1.30. The number of hydrogen-bond acceptors (Lipinski definition) is 4. The lowest BCUT2D eigenvalue weighted by Crippen LogP contribution is -2.77. The molecule has 0 radical (unpaired) electrons. The normalized spacial score (nSPS) is 34.1. The van der Waals surface area contributed by atoms with E-state index in [4.69, 9.17) is 9.47 Å². The lowest BCUT2D eigenvalue weighted by molar-refractivity contribution is -0.208. The Balaban J connectivity index is 1.88. The van der Waals surface area contributed by atoms with Crippen LogP contribution in [0.15, 0.2) is 0 Å². The summed E-state index contributed by atoms with van der Waals surface area (Å²) in [6.07, 6.45) is 0.851. The van der Waals surface area contributed by atoms with Crippen molar-refractivity contribution in [3.63, 3.8) is 0 Å². The molecule has 118 valence electrons. The lowest BCUT2D eigenvalue weighted by Gasteiger charge is -2.54. The maximum absolute atomic E-state index is 12.6. The summed E-state index contributed by atoms with van der Waals surface area (Å²) in [5, 5.41) is 0. The molecule has 3 aliphatic heterocycles. The highest BCUT2D eigenvalue weighted by atomic mass is 16.6. The van der Waals surface area contributed by atoms with Gasteiger partial charge in [-0.3, -0.25) is 9.69 Å². The van der Waals surface area contributed by atoms with Crippen LogP contribution in [0.2, 0.25) is 0 Å². The summed E-state index contributed by atoms with van der Waals surface area (Å²) >= 11 is 0. The molecule has 0 N–H and O–H groups in total. The molecule has 3 saturated heterocycles. The summed E-state index contributed by atoms with van der Waals surface area (Å²) in [5.41, 5.74) is -1.76. The number of amides is 2. The summed E-state index contributed by atoms with van der Waals surface area (Å²) in [5.74, 6) is 0.0149. The van der Waals surface area contributed by atoms with Crippen LogP contribution in [0, 0.1) is 0 Å². The molecular weight excluding hydrogens is 272 g/mol. The zero-order chi connectivity index (χ0) is 15.6.